The number of aromatic nitrogens is 1. The van der Waals surface area contributed by atoms with E-state index in [1.807, 2.05) is 6.07 Å². The molecule has 1 N–H and O–H groups in total. The van der Waals surface area contributed by atoms with Crippen molar-refractivity contribution in [2.75, 3.05) is 0 Å². The Kier molecular flexibility index (Phi) is 2.65. The van der Waals surface area contributed by atoms with Crippen LogP contribution in [0.2, 0.25) is 0 Å². The third-order valence-corrected chi connectivity index (χ3v) is 4.65. The molecule has 1 aliphatic rings. The molecule has 0 amide bonds. The van der Waals surface area contributed by atoms with E-state index in [-0.39, 0.29) is 9.92 Å². The number of hydrogen-bond donors (Lipinski definition) is 1. The van der Waals surface area contributed by atoms with Crippen LogP contribution >= 0.6 is 0 Å². The van der Waals surface area contributed by atoms with Crippen LogP contribution in [0.5, 0.6) is 0 Å². The molecule has 0 fully saturated rings. The SMILES string of the molecule is O=S(=O)(c1ccccc1)c1ccc2c(n1)CNC2. The van der Waals surface area contributed by atoms with Gasteiger partial charge in [0.2, 0.25) is 9.84 Å². The van der Waals surface area contributed by atoms with E-state index in [0.29, 0.717) is 6.54 Å². The van der Waals surface area contributed by atoms with E-state index in [1.54, 1.807) is 36.4 Å². The van der Waals surface area contributed by atoms with E-state index in [0.717, 1.165) is 17.8 Å². The standard InChI is InChI=1S/C13H12N2O2S/c16-18(17,11-4-2-1-3-5-11)13-7-6-10-8-14-9-12(10)15-13/h1-7,14H,8-9H2. The second kappa shape index (κ2) is 4.19. The predicted octanol–water partition coefficient (Wildman–Crippen LogP) is 1.52. The van der Waals surface area contributed by atoms with E-state index >= 15 is 0 Å². The minimum absolute atomic E-state index is 0.121. The number of hydrogen-bond acceptors (Lipinski definition) is 4. The molecule has 3 rings (SSSR count). The van der Waals surface area contributed by atoms with E-state index < -0.39 is 9.84 Å². The minimum Gasteiger partial charge on any atom is -0.307 e. The number of rotatable bonds is 2. The second-order valence-corrected chi connectivity index (χ2v) is 6.07. The molecule has 0 bridgehead atoms. The number of pyridine rings is 1. The molecule has 18 heavy (non-hydrogen) atoms. The third kappa shape index (κ3) is 1.81. The largest absolute Gasteiger partial charge is 0.307 e. The summed E-state index contributed by atoms with van der Waals surface area (Å²) in [5.74, 6) is 0. The number of nitrogens with zero attached hydrogens (tertiary/aromatic N) is 1. The van der Waals surface area contributed by atoms with Gasteiger partial charge in [0.1, 0.15) is 0 Å². The normalized spacial score (nSPS) is 14.4. The molecule has 2 aromatic rings. The lowest BCUT2D eigenvalue weighted by molar-refractivity contribution is 0.591. The first-order valence-electron chi connectivity index (χ1n) is 5.67. The zero-order valence-corrected chi connectivity index (χ0v) is 10.4. The summed E-state index contributed by atoms with van der Waals surface area (Å²) in [6, 6.07) is 11.8. The van der Waals surface area contributed by atoms with Gasteiger partial charge in [-0.3, -0.25) is 0 Å². The highest BCUT2D eigenvalue weighted by Crippen LogP contribution is 2.21. The molecule has 92 valence electrons. The van der Waals surface area contributed by atoms with Crippen LogP contribution in [0.15, 0.2) is 52.4 Å². The highest BCUT2D eigenvalue weighted by Gasteiger charge is 2.21. The summed E-state index contributed by atoms with van der Waals surface area (Å²) in [6.07, 6.45) is 0. The fraction of sp³-hybridized carbons (Fsp3) is 0.154. The Hall–Kier alpha value is -1.72. The van der Waals surface area contributed by atoms with Gasteiger partial charge in [0.05, 0.1) is 10.6 Å². The first kappa shape index (κ1) is 11.4. The summed E-state index contributed by atoms with van der Waals surface area (Å²) in [5, 5.41) is 3.27. The van der Waals surface area contributed by atoms with Gasteiger partial charge in [0.15, 0.2) is 5.03 Å². The van der Waals surface area contributed by atoms with Gasteiger partial charge in [-0.05, 0) is 23.8 Å². The Bertz CT molecular complexity index is 681. The molecule has 2 heterocycles. The van der Waals surface area contributed by atoms with Gasteiger partial charge in [0.25, 0.3) is 0 Å². The first-order chi connectivity index (χ1) is 8.68. The molecule has 0 atom stereocenters. The smallest absolute Gasteiger partial charge is 0.223 e. The lowest BCUT2D eigenvalue weighted by atomic mass is 10.2. The molecular formula is C13H12N2O2S. The number of fused-ring (bicyclic) bond motifs is 1. The first-order valence-corrected chi connectivity index (χ1v) is 7.16. The maximum Gasteiger partial charge on any atom is 0.223 e. The molecule has 1 aliphatic heterocycles. The summed E-state index contributed by atoms with van der Waals surface area (Å²) >= 11 is 0. The molecule has 0 saturated heterocycles. The average molecular weight is 260 g/mol. The summed E-state index contributed by atoms with van der Waals surface area (Å²) < 4.78 is 24.7. The number of sulfone groups is 1. The Morgan fingerprint density at radius 2 is 1.78 bits per heavy atom. The second-order valence-electron chi connectivity index (χ2n) is 4.18. The van der Waals surface area contributed by atoms with Gasteiger partial charge in [-0.2, -0.15) is 0 Å². The van der Waals surface area contributed by atoms with Gasteiger partial charge in [-0.1, -0.05) is 24.3 Å². The van der Waals surface area contributed by atoms with E-state index in [1.165, 1.54) is 0 Å². The lowest BCUT2D eigenvalue weighted by Crippen LogP contribution is -2.06. The van der Waals surface area contributed by atoms with Gasteiger partial charge < -0.3 is 5.32 Å². The van der Waals surface area contributed by atoms with Gasteiger partial charge in [0, 0.05) is 13.1 Å². The van der Waals surface area contributed by atoms with Gasteiger partial charge >= 0.3 is 0 Å². The average Bonchev–Trinajstić information content (AvgIpc) is 2.87. The fourth-order valence-electron chi connectivity index (χ4n) is 2.01. The zero-order chi connectivity index (χ0) is 12.6. The minimum atomic E-state index is -3.50. The molecule has 5 heteroatoms. The quantitative estimate of drug-likeness (QED) is 0.889. The Morgan fingerprint density at radius 3 is 2.56 bits per heavy atom. The summed E-state index contributed by atoms with van der Waals surface area (Å²) in [4.78, 5) is 4.53. The summed E-state index contributed by atoms with van der Waals surface area (Å²) in [6.45, 7) is 1.39. The molecule has 1 aromatic heterocycles. The van der Waals surface area contributed by atoms with Crippen molar-refractivity contribution in [1.29, 1.82) is 0 Å². The predicted molar refractivity (Wildman–Crippen MR) is 66.7 cm³/mol. The monoisotopic (exact) mass is 260 g/mol. The fourth-order valence-corrected chi connectivity index (χ4v) is 3.24. The van der Waals surface area contributed by atoms with Crippen molar-refractivity contribution < 1.29 is 8.42 Å². The van der Waals surface area contributed by atoms with Gasteiger partial charge in [-0.25, -0.2) is 13.4 Å². The Balaban J connectivity index is 2.10. The summed E-state index contributed by atoms with van der Waals surface area (Å²) in [7, 11) is -3.50. The van der Waals surface area contributed by atoms with Crippen LogP contribution in [0.4, 0.5) is 0 Å². The molecule has 0 unspecified atom stereocenters. The summed E-state index contributed by atoms with van der Waals surface area (Å²) in [5.41, 5.74) is 1.90. The Morgan fingerprint density at radius 1 is 1.00 bits per heavy atom. The van der Waals surface area contributed by atoms with Crippen molar-refractivity contribution in [2.24, 2.45) is 0 Å². The Labute approximate surface area is 106 Å². The number of benzene rings is 1. The van der Waals surface area contributed by atoms with Crippen LogP contribution in [0.25, 0.3) is 0 Å². The van der Waals surface area contributed by atoms with Crippen molar-refractivity contribution >= 4 is 9.84 Å². The van der Waals surface area contributed by atoms with Crippen molar-refractivity contribution in [3.05, 3.63) is 53.7 Å². The van der Waals surface area contributed by atoms with E-state index in [4.69, 9.17) is 0 Å². The maximum absolute atomic E-state index is 12.4. The highest BCUT2D eigenvalue weighted by molar-refractivity contribution is 7.91. The number of nitrogens with one attached hydrogen (secondary N) is 1. The third-order valence-electron chi connectivity index (χ3n) is 2.98. The maximum atomic E-state index is 12.4. The van der Waals surface area contributed by atoms with Crippen LogP contribution in [-0.2, 0) is 22.9 Å². The van der Waals surface area contributed by atoms with Crippen molar-refractivity contribution in [2.45, 2.75) is 23.0 Å². The van der Waals surface area contributed by atoms with Crippen molar-refractivity contribution in [3.8, 4) is 0 Å². The lowest BCUT2D eigenvalue weighted by Gasteiger charge is -2.05. The zero-order valence-electron chi connectivity index (χ0n) is 9.63. The van der Waals surface area contributed by atoms with Crippen LogP contribution < -0.4 is 5.32 Å². The van der Waals surface area contributed by atoms with Crippen molar-refractivity contribution in [1.82, 2.24) is 10.3 Å². The molecule has 1 aromatic carbocycles. The van der Waals surface area contributed by atoms with Crippen LogP contribution in [-0.4, -0.2) is 13.4 Å². The van der Waals surface area contributed by atoms with E-state index in [9.17, 15) is 8.42 Å². The molecule has 0 saturated carbocycles. The van der Waals surface area contributed by atoms with Crippen LogP contribution in [0.1, 0.15) is 11.3 Å². The van der Waals surface area contributed by atoms with E-state index in [2.05, 4.69) is 10.3 Å². The highest BCUT2D eigenvalue weighted by atomic mass is 32.2. The van der Waals surface area contributed by atoms with Gasteiger partial charge in [-0.15, -0.1) is 0 Å². The topological polar surface area (TPSA) is 59.1 Å². The molecular weight excluding hydrogens is 248 g/mol. The molecule has 0 radical (unpaired) electrons. The van der Waals surface area contributed by atoms with Crippen molar-refractivity contribution in [3.63, 3.8) is 0 Å². The van der Waals surface area contributed by atoms with Crippen LogP contribution in [0, 0.1) is 0 Å². The molecule has 0 spiro atoms. The van der Waals surface area contributed by atoms with Crippen LogP contribution in [0.3, 0.4) is 0 Å². The molecule has 0 aliphatic carbocycles. The molecule has 4 nitrogen and oxygen atoms in total.